The van der Waals surface area contributed by atoms with Gasteiger partial charge in [0.1, 0.15) is 0 Å². The molecule has 0 bridgehead atoms. The monoisotopic (exact) mass is 277 g/mol. The molecule has 20 heavy (non-hydrogen) atoms. The smallest absolute Gasteiger partial charge is 0.0881 e. The first-order valence-corrected chi connectivity index (χ1v) is 7.52. The lowest BCUT2D eigenvalue weighted by atomic mass is 9.76. The molecular formula is C17H27NO2. The predicted molar refractivity (Wildman–Crippen MR) is 81.4 cm³/mol. The minimum absolute atomic E-state index is 0.102. The van der Waals surface area contributed by atoms with Crippen LogP contribution in [0.3, 0.4) is 0 Å². The number of rotatable bonds is 5. The van der Waals surface area contributed by atoms with E-state index in [2.05, 4.69) is 13.8 Å². The molecular weight excluding hydrogens is 250 g/mol. The number of benzene rings is 1. The van der Waals surface area contributed by atoms with Crippen molar-refractivity contribution in [1.29, 1.82) is 0 Å². The normalized spacial score (nSPS) is 22.4. The van der Waals surface area contributed by atoms with Crippen LogP contribution in [-0.4, -0.2) is 24.4 Å². The highest BCUT2D eigenvalue weighted by Crippen LogP contribution is 2.36. The van der Waals surface area contributed by atoms with E-state index < -0.39 is 5.54 Å². The number of aliphatic hydroxyl groups is 1. The number of aliphatic hydroxyl groups excluding tert-OH is 1. The first-order valence-electron chi connectivity index (χ1n) is 7.52. The van der Waals surface area contributed by atoms with Crippen LogP contribution < -0.4 is 5.73 Å². The molecule has 1 aliphatic carbocycles. The third-order valence-electron chi connectivity index (χ3n) is 4.49. The standard InChI is InChI=1S/C17H27NO2/c1-16(2)10-8-15(9-11-16)20-13-17(18,12-19)14-6-4-3-5-7-14/h3-7,15,19H,8-13,18H2,1-2H3. The van der Waals surface area contributed by atoms with Crippen LogP contribution in [0, 0.1) is 5.41 Å². The van der Waals surface area contributed by atoms with E-state index in [1.165, 1.54) is 12.8 Å². The first-order chi connectivity index (χ1) is 9.45. The second-order valence-electron chi connectivity index (χ2n) is 6.85. The van der Waals surface area contributed by atoms with Crippen molar-refractivity contribution in [2.45, 2.75) is 51.2 Å². The Morgan fingerprint density at radius 1 is 1.25 bits per heavy atom. The minimum Gasteiger partial charge on any atom is -0.394 e. The Bertz CT molecular complexity index is 408. The third-order valence-corrected chi connectivity index (χ3v) is 4.49. The number of ether oxygens (including phenoxy) is 1. The zero-order valence-corrected chi connectivity index (χ0v) is 12.6. The second kappa shape index (κ2) is 6.25. The topological polar surface area (TPSA) is 55.5 Å². The van der Waals surface area contributed by atoms with E-state index in [1.54, 1.807) is 0 Å². The third kappa shape index (κ3) is 3.81. The van der Waals surface area contributed by atoms with Crippen molar-refractivity contribution >= 4 is 0 Å². The Morgan fingerprint density at radius 3 is 2.40 bits per heavy atom. The van der Waals surface area contributed by atoms with Gasteiger partial charge in [-0.05, 0) is 36.7 Å². The fourth-order valence-corrected chi connectivity index (χ4v) is 2.80. The molecule has 112 valence electrons. The molecule has 1 aliphatic rings. The molecule has 1 fully saturated rings. The van der Waals surface area contributed by atoms with E-state index in [-0.39, 0.29) is 12.7 Å². The summed E-state index contributed by atoms with van der Waals surface area (Å²) in [5, 5.41) is 9.65. The molecule has 0 saturated heterocycles. The van der Waals surface area contributed by atoms with Crippen LogP contribution in [0.25, 0.3) is 0 Å². The molecule has 1 saturated carbocycles. The summed E-state index contributed by atoms with van der Waals surface area (Å²) in [6.45, 7) is 4.90. The molecule has 2 rings (SSSR count). The van der Waals surface area contributed by atoms with Crippen molar-refractivity contribution in [3.63, 3.8) is 0 Å². The zero-order chi connectivity index (χ0) is 14.6. The number of nitrogens with two attached hydrogens (primary N) is 1. The van der Waals surface area contributed by atoms with Gasteiger partial charge in [-0.15, -0.1) is 0 Å². The van der Waals surface area contributed by atoms with E-state index in [9.17, 15) is 5.11 Å². The highest BCUT2D eigenvalue weighted by atomic mass is 16.5. The van der Waals surface area contributed by atoms with Gasteiger partial charge in [0.05, 0.1) is 24.9 Å². The Kier molecular flexibility index (Phi) is 4.84. The van der Waals surface area contributed by atoms with Crippen LogP contribution >= 0.6 is 0 Å². The summed E-state index contributed by atoms with van der Waals surface area (Å²) in [5.41, 5.74) is 6.89. The van der Waals surface area contributed by atoms with E-state index in [4.69, 9.17) is 10.5 Å². The van der Waals surface area contributed by atoms with Crippen molar-refractivity contribution in [3.8, 4) is 0 Å². The van der Waals surface area contributed by atoms with E-state index >= 15 is 0 Å². The van der Waals surface area contributed by atoms with Crippen LogP contribution in [0.2, 0.25) is 0 Å². The number of hydrogen-bond acceptors (Lipinski definition) is 3. The fraction of sp³-hybridized carbons (Fsp3) is 0.647. The molecule has 0 amide bonds. The zero-order valence-electron chi connectivity index (χ0n) is 12.6. The fourth-order valence-electron chi connectivity index (χ4n) is 2.80. The van der Waals surface area contributed by atoms with Gasteiger partial charge in [0.2, 0.25) is 0 Å². The van der Waals surface area contributed by atoms with E-state index in [0.29, 0.717) is 12.0 Å². The maximum Gasteiger partial charge on any atom is 0.0881 e. The van der Waals surface area contributed by atoms with Gasteiger partial charge in [0.15, 0.2) is 0 Å². The summed E-state index contributed by atoms with van der Waals surface area (Å²) in [5.74, 6) is 0. The van der Waals surface area contributed by atoms with Crippen LogP contribution in [0.15, 0.2) is 30.3 Å². The number of hydrogen-bond donors (Lipinski definition) is 2. The van der Waals surface area contributed by atoms with Crippen molar-refractivity contribution in [3.05, 3.63) is 35.9 Å². The van der Waals surface area contributed by atoms with Crippen molar-refractivity contribution in [2.24, 2.45) is 11.1 Å². The molecule has 0 radical (unpaired) electrons. The second-order valence-corrected chi connectivity index (χ2v) is 6.85. The first kappa shape index (κ1) is 15.5. The summed E-state index contributed by atoms with van der Waals surface area (Å²) < 4.78 is 6.00. The van der Waals surface area contributed by atoms with Gasteiger partial charge >= 0.3 is 0 Å². The minimum atomic E-state index is -0.797. The molecule has 0 spiro atoms. The average Bonchev–Trinajstić information content (AvgIpc) is 2.47. The van der Waals surface area contributed by atoms with Crippen LogP contribution in [-0.2, 0) is 10.3 Å². The lowest BCUT2D eigenvalue weighted by Crippen LogP contribution is -2.46. The summed E-state index contributed by atoms with van der Waals surface area (Å²) in [7, 11) is 0. The Labute approximate surface area is 122 Å². The molecule has 3 nitrogen and oxygen atoms in total. The molecule has 1 atom stereocenters. The molecule has 3 heteroatoms. The lowest BCUT2D eigenvalue weighted by Gasteiger charge is -2.36. The summed E-state index contributed by atoms with van der Waals surface area (Å²) in [6, 6.07) is 9.73. The van der Waals surface area contributed by atoms with Gasteiger partial charge < -0.3 is 15.6 Å². The van der Waals surface area contributed by atoms with Crippen molar-refractivity contribution in [2.75, 3.05) is 13.2 Å². The maximum absolute atomic E-state index is 9.65. The molecule has 1 aromatic rings. The summed E-state index contributed by atoms with van der Waals surface area (Å²) in [4.78, 5) is 0. The molecule has 0 heterocycles. The van der Waals surface area contributed by atoms with Gasteiger partial charge in [-0.2, -0.15) is 0 Å². The lowest BCUT2D eigenvalue weighted by molar-refractivity contribution is -0.0299. The van der Waals surface area contributed by atoms with E-state index in [0.717, 1.165) is 18.4 Å². The molecule has 0 aromatic heterocycles. The maximum atomic E-state index is 9.65. The predicted octanol–water partition coefficient (Wildman–Crippen LogP) is 2.82. The van der Waals surface area contributed by atoms with Crippen molar-refractivity contribution in [1.82, 2.24) is 0 Å². The molecule has 1 unspecified atom stereocenters. The molecule has 3 N–H and O–H groups in total. The Morgan fingerprint density at radius 2 is 1.85 bits per heavy atom. The quantitative estimate of drug-likeness (QED) is 0.870. The van der Waals surface area contributed by atoms with Gasteiger partial charge in [0.25, 0.3) is 0 Å². The summed E-state index contributed by atoms with van der Waals surface area (Å²) in [6.07, 6.45) is 4.84. The van der Waals surface area contributed by atoms with Crippen LogP contribution in [0.1, 0.15) is 45.1 Å². The van der Waals surface area contributed by atoms with Gasteiger partial charge in [-0.25, -0.2) is 0 Å². The van der Waals surface area contributed by atoms with E-state index in [1.807, 2.05) is 30.3 Å². The highest BCUT2D eigenvalue weighted by molar-refractivity contribution is 5.24. The Balaban J connectivity index is 1.92. The molecule has 1 aromatic carbocycles. The molecule has 0 aliphatic heterocycles. The van der Waals surface area contributed by atoms with Crippen LogP contribution in [0.4, 0.5) is 0 Å². The Hall–Kier alpha value is -0.900. The van der Waals surface area contributed by atoms with Crippen LogP contribution in [0.5, 0.6) is 0 Å². The van der Waals surface area contributed by atoms with Gasteiger partial charge in [0, 0.05) is 0 Å². The average molecular weight is 277 g/mol. The van der Waals surface area contributed by atoms with Crippen molar-refractivity contribution < 1.29 is 9.84 Å². The highest BCUT2D eigenvalue weighted by Gasteiger charge is 2.31. The largest absolute Gasteiger partial charge is 0.394 e. The SMILES string of the molecule is CC1(C)CCC(OCC(N)(CO)c2ccccc2)CC1. The van der Waals surface area contributed by atoms with Gasteiger partial charge in [-0.1, -0.05) is 44.2 Å². The van der Waals surface area contributed by atoms with Gasteiger partial charge in [-0.3, -0.25) is 0 Å². The summed E-state index contributed by atoms with van der Waals surface area (Å²) >= 11 is 0.